The van der Waals surface area contributed by atoms with Gasteiger partial charge in [0.2, 0.25) is 0 Å². The Morgan fingerprint density at radius 1 is 0.359 bits per heavy atom. The summed E-state index contributed by atoms with van der Waals surface area (Å²) < 4.78 is 2.41. The van der Waals surface area contributed by atoms with Crippen molar-refractivity contribution in [2.24, 2.45) is 0 Å². The number of rotatable bonds is 2. The molecule has 1 nitrogen and oxygen atoms in total. The number of aromatic nitrogens is 1. The van der Waals surface area contributed by atoms with Crippen LogP contribution in [0.2, 0.25) is 0 Å². The van der Waals surface area contributed by atoms with Gasteiger partial charge in [0.15, 0.2) is 0 Å². The Hall–Kier alpha value is -4.88. The first-order valence-electron chi connectivity index (χ1n) is 13.6. The number of hydrogen-bond donors (Lipinski definition) is 0. The lowest BCUT2D eigenvalue weighted by Crippen LogP contribution is -1.96. The van der Waals surface area contributed by atoms with Crippen molar-refractivity contribution >= 4 is 54.1 Å². The molecule has 0 aliphatic carbocycles. The monoisotopic (exact) mass is 497 g/mol. The molecule has 184 valence electrons. The molecule has 0 radical (unpaired) electrons. The summed E-state index contributed by atoms with van der Waals surface area (Å²) in [5.41, 5.74) is 8.82. The summed E-state index contributed by atoms with van der Waals surface area (Å²) in [4.78, 5) is 0. The minimum atomic E-state index is 1.19. The van der Waals surface area contributed by atoms with Crippen molar-refractivity contribution in [2.45, 2.75) is 13.8 Å². The van der Waals surface area contributed by atoms with Crippen LogP contribution in [-0.4, -0.2) is 4.57 Å². The third kappa shape index (κ3) is 3.20. The lowest BCUT2D eigenvalue weighted by Gasteiger charge is -2.17. The highest BCUT2D eigenvalue weighted by molar-refractivity contribution is 6.26. The van der Waals surface area contributed by atoms with Crippen LogP contribution in [-0.2, 0) is 0 Å². The molecule has 0 amide bonds. The van der Waals surface area contributed by atoms with Gasteiger partial charge in [-0.25, -0.2) is 0 Å². The summed E-state index contributed by atoms with van der Waals surface area (Å²) in [6.07, 6.45) is 0. The van der Waals surface area contributed by atoms with Crippen LogP contribution in [0, 0.1) is 13.8 Å². The molecule has 0 spiro atoms. The Bertz CT molecular complexity index is 2190. The van der Waals surface area contributed by atoms with Gasteiger partial charge >= 0.3 is 0 Å². The number of aryl methyl sites for hydroxylation is 2. The smallest absolute Gasteiger partial charge is 0.0541 e. The second kappa shape index (κ2) is 8.31. The first kappa shape index (κ1) is 22.1. The lowest BCUT2D eigenvalue weighted by atomic mass is 9.88. The first-order chi connectivity index (χ1) is 19.2. The summed E-state index contributed by atoms with van der Waals surface area (Å²) in [7, 11) is 0. The standard InChI is InChI=1S/C38H27N/c1-24-19-20-26(39-37-17-9-7-15-31(37)32-16-8-10-18-38(32)39)22-33(24)34-23-36-30-14-6-4-12-28(30)27-11-3-5-13-29(27)35(36)21-25(34)2/h3-23H,1-2H3. The largest absolute Gasteiger partial charge is 0.309 e. The molecular weight excluding hydrogens is 470 g/mol. The van der Waals surface area contributed by atoms with Gasteiger partial charge in [-0.1, -0.05) is 97.1 Å². The first-order valence-corrected chi connectivity index (χ1v) is 13.6. The molecule has 0 unspecified atom stereocenters. The summed E-state index contributed by atoms with van der Waals surface area (Å²) in [6, 6.07) is 46.8. The molecule has 39 heavy (non-hydrogen) atoms. The zero-order valence-corrected chi connectivity index (χ0v) is 22.1. The highest BCUT2D eigenvalue weighted by Gasteiger charge is 2.16. The zero-order chi connectivity index (χ0) is 26.1. The Labute approximate surface area is 227 Å². The SMILES string of the molecule is Cc1ccc(-n2c3ccccc3c3ccccc32)cc1-c1cc2c3ccccc3c3ccccc3c2cc1C. The van der Waals surface area contributed by atoms with E-state index < -0.39 is 0 Å². The second-order valence-electron chi connectivity index (χ2n) is 10.7. The average molecular weight is 498 g/mol. The van der Waals surface area contributed by atoms with Crippen molar-refractivity contribution in [3.05, 3.63) is 139 Å². The highest BCUT2D eigenvalue weighted by Crippen LogP contribution is 2.40. The normalized spacial score (nSPS) is 11.8. The van der Waals surface area contributed by atoms with Crippen LogP contribution in [0.3, 0.4) is 0 Å². The molecule has 0 N–H and O–H groups in total. The molecule has 1 aromatic heterocycles. The van der Waals surface area contributed by atoms with Gasteiger partial charge in [0.25, 0.3) is 0 Å². The molecule has 0 aliphatic rings. The van der Waals surface area contributed by atoms with E-state index in [4.69, 9.17) is 0 Å². The topological polar surface area (TPSA) is 4.93 Å². The Kier molecular flexibility index (Phi) is 4.72. The number of hydrogen-bond acceptors (Lipinski definition) is 0. The number of nitrogens with zero attached hydrogens (tertiary/aromatic N) is 1. The van der Waals surface area contributed by atoms with Gasteiger partial charge in [-0.3, -0.25) is 0 Å². The van der Waals surface area contributed by atoms with Gasteiger partial charge in [0, 0.05) is 16.5 Å². The Morgan fingerprint density at radius 2 is 0.795 bits per heavy atom. The van der Waals surface area contributed by atoms with Crippen molar-refractivity contribution in [1.29, 1.82) is 0 Å². The van der Waals surface area contributed by atoms with Crippen LogP contribution in [0.25, 0.3) is 70.9 Å². The van der Waals surface area contributed by atoms with E-state index in [2.05, 4.69) is 146 Å². The lowest BCUT2D eigenvalue weighted by molar-refractivity contribution is 1.17. The summed E-state index contributed by atoms with van der Waals surface area (Å²) in [6.45, 7) is 4.48. The fourth-order valence-electron chi connectivity index (χ4n) is 6.59. The maximum atomic E-state index is 2.43. The van der Waals surface area contributed by atoms with E-state index in [-0.39, 0.29) is 0 Å². The van der Waals surface area contributed by atoms with Crippen molar-refractivity contribution in [1.82, 2.24) is 4.57 Å². The van der Waals surface area contributed by atoms with Crippen molar-refractivity contribution in [3.63, 3.8) is 0 Å². The maximum Gasteiger partial charge on any atom is 0.0541 e. The van der Waals surface area contributed by atoms with Crippen LogP contribution in [0.5, 0.6) is 0 Å². The molecule has 8 aromatic rings. The number of fused-ring (bicyclic) bond motifs is 9. The van der Waals surface area contributed by atoms with Gasteiger partial charge < -0.3 is 4.57 Å². The van der Waals surface area contributed by atoms with E-state index >= 15 is 0 Å². The molecule has 0 bridgehead atoms. The zero-order valence-electron chi connectivity index (χ0n) is 22.1. The highest BCUT2D eigenvalue weighted by atomic mass is 15.0. The minimum absolute atomic E-state index is 1.19. The van der Waals surface area contributed by atoms with E-state index in [1.165, 1.54) is 82.1 Å². The quantitative estimate of drug-likeness (QED) is 0.209. The van der Waals surface area contributed by atoms with Crippen LogP contribution in [0.15, 0.2) is 127 Å². The molecule has 1 heteroatoms. The Balaban J connectivity index is 1.43. The average Bonchev–Trinajstić information content (AvgIpc) is 3.32. The van der Waals surface area contributed by atoms with Crippen LogP contribution in [0.1, 0.15) is 11.1 Å². The fraction of sp³-hybridized carbons (Fsp3) is 0.0526. The number of benzene rings is 7. The maximum absolute atomic E-state index is 2.43. The van der Waals surface area contributed by atoms with Gasteiger partial charge in [0.05, 0.1) is 11.0 Å². The van der Waals surface area contributed by atoms with Crippen LogP contribution in [0.4, 0.5) is 0 Å². The van der Waals surface area contributed by atoms with E-state index in [0.717, 1.165) is 0 Å². The van der Waals surface area contributed by atoms with Crippen molar-refractivity contribution in [2.75, 3.05) is 0 Å². The molecule has 0 fully saturated rings. The summed E-state index contributed by atoms with van der Waals surface area (Å²) >= 11 is 0. The molecule has 0 atom stereocenters. The molecular formula is C38H27N. The summed E-state index contributed by atoms with van der Waals surface area (Å²) in [5.74, 6) is 0. The third-order valence-corrected chi connectivity index (χ3v) is 8.44. The summed E-state index contributed by atoms with van der Waals surface area (Å²) in [5, 5.41) is 10.5. The van der Waals surface area contributed by atoms with Gasteiger partial charge in [-0.15, -0.1) is 0 Å². The molecule has 8 rings (SSSR count). The van der Waals surface area contributed by atoms with Crippen LogP contribution >= 0.6 is 0 Å². The molecule has 7 aromatic carbocycles. The fourth-order valence-corrected chi connectivity index (χ4v) is 6.59. The predicted molar refractivity (Wildman–Crippen MR) is 168 cm³/mol. The Morgan fingerprint density at radius 3 is 1.36 bits per heavy atom. The van der Waals surface area contributed by atoms with Crippen molar-refractivity contribution in [3.8, 4) is 16.8 Å². The van der Waals surface area contributed by atoms with E-state index in [1.54, 1.807) is 0 Å². The third-order valence-electron chi connectivity index (χ3n) is 8.44. The molecule has 0 saturated carbocycles. The van der Waals surface area contributed by atoms with Gasteiger partial charge in [-0.05, 0) is 98.8 Å². The molecule has 0 saturated heterocycles. The predicted octanol–water partition coefficient (Wildman–Crippen LogP) is 10.5. The van der Waals surface area contributed by atoms with Gasteiger partial charge in [-0.2, -0.15) is 0 Å². The van der Waals surface area contributed by atoms with E-state index in [1.807, 2.05) is 0 Å². The van der Waals surface area contributed by atoms with Gasteiger partial charge in [0.1, 0.15) is 0 Å². The van der Waals surface area contributed by atoms with Crippen molar-refractivity contribution < 1.29 is 0 Å². The molecule has 0 aliphatic heterocycles. The van der Waals surface area contributed by atoms with Crippen LogP contribution < -0.4 is 0 Å². The van der Waals surface area contributed by atoms with E-state index in [0.29, 0.717) is 0 Å². The number of para-hydroxylation sites is 2. The van der Waals surface area contributed by atoms with E-state index in [9.17, 15) is 0 Å². The second-order valence-corrected chi connectivity index (χ2v) is 10.7. The minimum Gasteiger partial charge on any atom is -0.309 e. The molecule has 1 heterocycles.